The number of rotatable bonds is 7. The summed E-state index contributed by atoms with van der Waals surface area (Å²) in [7, 11) is 0. The molecule has 0 heterocycles. The highest BCUT2D eigenvalue weighted by Crippen LogP contribution is 2.62. The summed E-state index contributed by atoms with van der Waals surface area (Å²) in [4.78, 5) is 0. The molecular formula is C24H38O. The normalized spacial score (nSPS) is 43.5. The van der Waals surface area contributed by atoms with Gasteiger partial charge in [0.2, 0.25) is 0 Å². The minimum absolute atomic E-state index is 0.273. The average Bonchev–Trinajstić information content (AvgIpc) is 3.22. The minimum Gasteiger partial charge on any atom is -0.396 e. The summed E-state index contributed by atoms with van der Waals surface area (Å²) in [6.45, 7) is 7.22. The van der Waals surface area contributed by atoms with E-state index in [1.165, 1.54) is 51.4 Å². The molecule has 0 radical (unpaired) electrons. The first kappa shape index (κ1) is 17.8. The molecule has 0 aliphatic heterocycles. The van der Waals surface area contributed by atoms with Gasteiger partial charge in [0.05, 0.1) is 0 Å². The van der Waals surface area contributed by atoms with E-state index in [4.69, 9.17) is 0 Å². The molecule has 0 amide bonds. The van der Waals surface area contributed by atoms with Crippen molar-refractivity contribution in [2.75, 3.05) is 6.61 Å². The predicted octanol–water partition coefficient (Wildman–Crippen LogP) is 6.00. The van der Waals surface area contributed by atoms with Gasteiger partial charge in [0.25, 0.3) is 0 Å². The quantitative estimate of drug-likeness (QED) is 0.563. The molecule has 4 saturated carbocycles. The van der Waals surface area contributed by atoms with Crippen molar-refractivity contribution in [2.45, 2.75) is 72.1 Å². The highest BCUT2D eigenvalue weighted by Gasteiger charge is 2.52. The highest BCUT2D eigenvalue weighted by molar-refractivity contribution is 5.35. The second kappa shape index (κ2) is 7.22. The van der Waals surface area contributed by atoms with Gasteiger partial charge in [-0.1, -0.05) is 44.1 Å². The fourth-order valence-corrected chi connectivity index (χ4v) is 6.85. The molecule has 1 heteroatoms. The van der Waals surface area contributed by atoms with Crippen LogP contribution in [0.25, 0.3) is 0 Å². The van der Waals surface area contributed by atoms with Crippen molar-refractivity contribution in [1.29, 1.82) is 0 Å². The van der Waals surface area contributed by atoms with Crippen LogP contribution in [0.2, 0.25) is 0 Å². The van der Waals surface area contributed by atoms with E-state index in [0.29, 0.717) is 11.8 Å². The van der Waals surface area contributed by atoms with Crippen LogP contribution in [0.3, 0.4) is 0 Å². The smallest absolute Gasteiger partial charge is 0.0491 e. The third-order valence-electron chi connectivity index (χ3n) is 8.40. The van der Waals surface area contributed by atoms with Crippen LogP contribution < -0.4 is 0 Å². The molecule has 4 fully saturated rings. The molecule has 0 aromatic heterocycles. The Morgan fingerprint density at radius 1 is 1.08 bits per heavy atom. The molecular weight excluding hydrogens is 304 g/mol. The zero-order valence-electron chi connectivity index (χ0n) is 16.6. The molecule has 4 aliphatic rings. The van der Waals surface area contributed by atoms with Gasteiger partial charge in [-0.3, -0.25) is 0 Å². The first-order valence-corrected chi connectivity index (χ1v) is 11.2. The molecule has 2 bridgehead atoms. The van der Waals surface area contributed by atoms with Crippen molar-refractivity contribution in [1.82, 2.24) is 0 Å². The Balaban J connectivity index is 1.69. The van der Waals surface area contributed by atoms with E-state index in [1.807, 2.05) is 11.1 Å². The third-order valence-corrected chi connectivity index (χ3v) is 8.40. The van der Waals surface area contributed by atoms with E-state index in [9.17, 15) is 5.11 Å². The Bertz CT molecular complexity index is 544. The lowest BCUT2D eigenvalue weighted by atomic mass is 9.49. The molecule has 4 aliphatic carbocycles. The first-order valence-electron chi connectivity index (χ1n) is 11.2. The zero-order valence-corrected chi connectivity index (χ0v) is 16.6. The van der Waals surface area contributed by atoms with Crippen LogP contribution in [0.4, 0.5) is 0 Å². The van der Waals surface area contributed by atoms with Crippen molar-refractivity contribution >= 4 is 0 Å². The fraction of sp³-hybridized carbons (Fsp3) is 0.833. The van der Waals surface area contributed by atoms with Crippen molar-refractivity contribution in [3.8, 4) is 0 Å². The summed E-state index contributed by atoms with van der Waals surface area (Å²) in [6.07, 6.45) is 16.3. The highest BCUT2D eigenvalue weighted by atomic mass is 16.3. The van der Waals surface area contributed by atoms with Gasteiger partial charge in [0.15, 0.2) is 0 Å². The molecule has 0 aromatic rings. The van der Waals surface area contributed by atoms with Crippen molar-refractivity contribution < 1.29 is 5.11 Å². The maximum atomic E-state index is 9.43. The van der Waals surface area contributed by atoms with Crippen molar-refractivity contribution in [2.24, 2.45) is 47.3 Å². The van der Waals surface area contributed by atoms with E-state index >= 15 is 0 Å². The molecule has 8 atom stereocenters. The summed E-state index contributed by atoms with van der Waals surface area (Å²) in [5, 5.41) is 9.43. The van der Waals surface area contributed by atoms with Crippen molar-refractivity contribution in [3.63, 3.8) is 0 Å². The predicted molar refractivity (Wildman–Crippen MR) is 105 cm³/mol. The number of fused-ring (bicyclic) bond motifs is 3. The van der Waals surface area contributed by atoms with Gasteiger partial charge in [-0.25, -0.2) is 0 Å². The molecule has 0 saturated heterocycles. The van der Waals surface area contributed by atoms with Gasteiger partial charge in [-0.05, 0) is 98.7 Å². The van der Waals surface area contributed by atoms with Crippen LogP contribution in [-0.2, 0) is 0 Å². The second-order valence-electron chi connectivity index (χ2n) is 9.60. The van der Waals surface area contributed by atoms with E-state index in [1.54, 1.807) is 0 Å². The summed E-state index contributed by atoms with van der Waals surface area (Å²) in [6, 6.07) is 0. The lowest BCUT2D eigenvalue weighted by molar-refractivity contribution is -0.00907. The summed E-state index contributed by atoms with van der Waals surface area (Å²) in [5.74, 6) is 6.72. The molecule has 25 heavy (non-hydrogen) atoms. The van der Waals surface area contributed by atoms with Crippen LogP contribution in [0.5, 0.6) is 0 Å². The van der Waals surface area contributed by atoms with Gasteiger partial charge in [0, 0.05) is 6.61 Å². The number of aliphatic hydroxyl groups is 1. The third kappa shape index (κ3) is 2.95. The molecule has 0 aromatic carbocycles. The van der Waals surface area contributed by atoms with Crippen LogP contribution in [0.1, 0.15) is 72.1 Å². The summed E-state index contributed by atoms with van der Waals surface area (Å²) in [5.41, 5.74) is 3.85. The zero-order chi connectivity index (χ0) is 17.6. The molecule has 7 unspecified atom stereocenters. The molecule has 0 spiro atoms. The maximum absolute atomic E-state index is 9.43. The monoisotopic (exact) mass is 342 g/mol. The number of hydrogen-bond acceptors (Lipinski definition) is 1. The lowest BCUT2D eigenvalue weighted by Gasteiger charge is -2.56. The minimum atomic E-state index is 0.273. The van der Waals surface area contributed by atoms with Gasteiger partial charge in [-0.2, -0.15) is 0 Å². The van der Waals surface area contributed by atoms with E-state index in [-0.39, 0.29) is 6.61 Å². The van der Waals surface area contributed by atoms with E-state index in [0.717, 1.165) is 35.5 Å². The standard InChI is InChI=1S/C24H38O/c1-4-16(7-6-15(3)14-25)23(22-13-18-10-11-21(18)22)24-19-9-8-17(12-19)20(24)5-2/h6-7,15-22,25H,4-5,8-14H2,1-3H3/b7-6+,24-23+/t15?,16?,17?,18?,19?,20?,21-,22?/m0/s1. The maximum Gasteiger partial charge on any atom is 0.0491 e. The van der Waals surface area contributed by atoms with Gasteiger partial charge < -0.3 is 5.11 Å². The SMILES string of the molecule is CCC(/C=C/C(C)CO)/C(=C1/C2CCC(C2)C1CC)C1CC2CC[C@@H]21. The molecule has 1 nitrogen and oxygen atoms in total. The number of hydrogen-bond donors (Lipinski definition) is 1. The number of aliphatic hydroxyl groups excluding tert-OH is 1. The second-order valence-corrected chi connectivity index (χ2v) is 9.60. The van der Waals surface area contributed by atoms with Crippen LogP contribution in [0, 0.1) is 47.3 Å². The van der Waals surface area contributed by atoms with Crippen LogP contribution in [-0.4, -0.2) is 11.7 Å². The van der Waals surface area contributed by atoms with Crippen LogP contribution >= 0.6 is 0 Å². The number of allylic oxidation sites excluding steroid dienone is 3. The Kier molecular flexibility index (Phi) is 5.15. The Morgan fingerprint density at radius 2 is 1.88 bits per heavy atom. The summed E-state index contributed by atoms with van der Waals surface area (Å²) >= 11 is 0. The van der Waals surface area contributed by atoms with Crippen LogP contribution in [0.15, 0.2) is 23.3 Å². The fourth-order valence-electron chi connectivity index (χ4n) is 6.85. The van der Waals surface area contributed by atoms with Crippen molar-refractivity contribution in [3.05, 3.63) is 23.3 Å². The Hall–Kier alpha value is -0.560. The largest absolute Gasteiger partial charge is 0.396 e. The Morgan fingerprint density at radius 3 is 2.44 bits per heavy atom. The molecule has 140 valence electrons. The Labute approximate surface area is 155 Å². The lowest BCUT2D eigenvalue weighted by Crippen LogP contribution is -2.46. The topological polar surface area (TPSA) is 20.2 Å². The van der Waals surface area contributed by atoms with Gasteiger partial charge in [-0.15, -0.1) is 0 Å². The molecule has 4 rings (SSSR count). The first-order chi connectivity index (χ1) is 12.2. The van der Waals surface area contributed by atoms with Gasteiger partial charge >= 0.3 is 0 Å². The molecule has 1 N–H and O–H groups in total. The van der Waals surface area contributed by atoms with Gasteiger partial charge in [0.1, 0.15) is 0 Å². The average molecular weight is 343 g/mol. The van der Waals surface area contributed by atoms with E-state index in [2.05, 4.69) is 32.9 Å². The van der Waals surface area contributed by atoms with E-state index < -0.39 is 0 Å². The summed E-state index contributed by atoms with van der Waals surface area (Å²) < 4.78 is 0.